The Bertz CT molecular complexity index is 951. The number of anilines is 1. The molecule has 1 amide bonds. The lowest BCUT2D eigenvalue weighted by molar-refractivity contribution is -0.118. The minimum absolute atomic E-state index is 0.0987. The fourth-order valence-electron chi connectivity index (χ4n) is 3.65. The van der Waals surface area contributed by atoms with Gasteiger partial charge >= 0.3 is 0 Å². The molecule has 1 aliphatic heterocycles. The molecular weight excluding hydrogens is 382 g/mol. The molecule has 0 saturated carbocycles. The third-order valence-electron chi connectivity index (χ3n) is 5.35. The predicted molar refractivity (Wildman–Crippen MR) is 119 cm³/mol. The molecule has 0 radical (unpaired) electrons. The number of hydrogen-bond donors (Lipinski definition) is 0. The first-order valence-electron chi connectivity index (χ1n) is 10.3. The van der Waals surface area contributed by atoms with Crippen LogP contribution in [-0.2, 0) is 22.4 Å². The summed E-state index contributed by atoms with van der Waals surface area (Å²) in [5.74, 6) is 0.0987. The van der Waals surface area contributed by atoms with Crippen LogP contribution >= 0.6 is 11.3 Å². The molecule has 0 spiro atoms. The highest BCUT2D eigenvalue weighted by molar-refractivity contribution is 7.22. The molecule has 1 fully saturated rings. The number of thiazole rings is 1. The van der Waals surface area contributed by atoms with E-state index in [9.17, 15) is 4.79 Å². The predicted octanol–water partition coefficient (Wildman–Crippen LogP) is 3.77. The van der Waals surface area contributed by atoms with E-state index >= 15 is 0 Å². The molecule has 2 aromatic carbocycles. The third-order valence-corrected chi connectivity index (χ3v) is 6.39. The Morgan fingerprint density at radius 2 is 1.93 bits per heavy atom. The van der Waals surface area contributed by atoms with Crippen LogP contribution in [0.5, 0.6) is 0 Å². The van der Waals surface area contributed by atoms with Gasteiger partial charge in [0.2, 0.25) is 5.91 Å². The molecule has 0 aliphatic carbocycles. The van der Waals surface area contributed by atoms with Crippen molar-refractivity contribution >= 4 is 32.6 Å². The second-order valence-electron chi connectivity index (χ2n) is 7.28. The van der Waals surface area contributed by atoms with Crippen molar-refractivity contribution < 1.29 is 9.53 Å². The number of hydrogen-bond acceptors (Lipinski definition) is 5. The molecule has 0 atom stereocenters. The number of amides is 1. The lowest BCUT2D eigenvalue weighted by atomic mass is 10.1. The molecule has 1 aromatic heterocycles. The number of ether oxygens (including phenoxy) is 1. The summed E-state index contributed by atoms with van der Waals surface area (Å²) in [6.07, 6.45) is 1.33. The number of nitrogens with zero attached hydrogens (tertiary/aromatic N) is 3. The maximum Gasteiger partial charge on any atom is 0.233 e. The number of rotatable bonds is 7. The third kappa shape index (κ3) is 4.83. The zero-order valence-electron chi connectivity index (χ0n) is 16.8. The Labute approximate surface area is 175 Å². The van der Waals surface area contributed by atoms with Crippen molar-refractivity contribution in [2.75, 3.05) is 44.3 Å². The number of benzene rings is 2. The normalized spacial score (nSPS) is 14.9. The van der Waals surface area contributed by atoms with E-state index in [0.717, 1.165) is 60.2 Å². The molecule has 0 bridgehead atoms. The second kappa shape index (κ2) is 9.48. The van der Waals surface area contributed by atoms with Gasteiger partial charge in [0, 0.05) is 26.2 Å². The fraction of sp³-hybridized carbons (Fsp3) is 0.391. The minimum Gasteiger partial charge on any atom is -0.379 e. The van der Waals surface area contributed by atoms with Crippen LogP contribution in [0, 0.1) is 0 Å². The first-order valence-corrected chi connectivity index (χ1v) is 11.1. The molecule has 4 rings (SSSR count). The maximum absolute atomic E-state index is 13.3. The van der Waals surface area contributed by atoms with E-state index in [1.165, 1.54) is 5.56 Å². The van der Waals surface area contributed by atoms with Crippen molar-refractivity contribution in [3.05, 3.63) is 59.7 Å². The van der Waals surface area contributed by atoms with Crippen LogP contribution in [0.3, 0.4) is 0 Å². The van der Waals surface area contributed by atoms with Gasteiger partial charge in [0.05, 0.1) is 29.9 Å². The molecule has 152 valence electrons. The zero-order chi connectivity index (χ0) is 20.1. The fourth-order valence-corrected chi connectivity index (χ4v) is 4.71. The van der Waals surface area contributed by atoms with Crippen LogP contribution in [0.2, 0.25) is 0 Å². The molecule has 6 heteroatoms. The van der Waals surface area contributed by atoms with Crippen molar-refractivity contribution in [2.45, 2.75) is 19.8 Å². The van der Waals surface area contributed by atoms with Gasteiger partial charge in [-0.05, 0) is 23.6 Å². The Morgan fingerprint density at radius 3 is 2.69 bits per heavy atom. The average Bonchev–Trinajstić information content (AvgIpc) is 3.19. The van der Waals surface area contributed by atoms with E-state index in [1.54, 1.807) is 11.3 Å². The Morgan fingerprint density at radius 1 is 1.14 bits per heavy atom. The largest absolute Gasteiger partial charge is 0.379 e. The number of morpholine rings is 1. The van der Waals surface area contributed by atoms with Gasteiger partial charge in [-0.3, -0.25) is 14.6 Å². The van der Waals surface area contributed by atoms with Crippen LogP contribution in [-0.4, -0.2) is 55.2 Å². The highest BCUT2D eigenvalue weighted by Gasteiger charge is 2.22. The molecular formula is C23H27N3O2S. The van der Waals surface area contributed by atoms with Crippen molar-refractivity contribution in [3.8, 4) is 0 Å². The Balaban J connectivity index is 1.59. The monoisotopic (exact) mass is 409 g/mol. The molecule has 1 saturated heterocycles. The first kappa shape index (κ1) is 20.0. The summed E-state index contributed by atoms with van der Waals surface area (Å²) in [7, 11) is 0. The Kier molecular flexibility index (Phi) is 6.54. The lowest BCUT2D eigenvalue weighted by Crippen LogP contribution is -2.43. The van der Waals surface area contributed by atoms with Crippen molar-refractivity contribution in [2.24, 2.45) is 0 Å². The van der Waals surface area contributed by atoms with Gasteiger partial charge < -0.3 is 4.74 Å². The molecule has 0 N–H and O–H groups in total. The van der Waals surface area contributed by atoms with Gasteiger partial charge in [-0.1, -0.05) is 60.7 Å². The SMILES string of the molecule is CCc1cccc2sc(N(CCN3CCOCC3)C(=O)Cc3ccccc3)nc12. The van der Waals surface area contributed by atoms with E-state index in [1.807, 2.05) is 35.2 Å². The maximum atomic E-state index is 13.3. The van der Waals surface area contributed by atoms with Gasteiger partial charge in [-0.25, -0.2) is 4.98 Å². The van der Waals surface area contributed by atoms with E-state index < -0.39 is 0 Å². The van der Waals surface area contributed by atoms with Gasteiger partial charge in [-0.2, -0.15) is 0 Å². The molecule has 2 heterocycles. The first-order chi connectivity index (χ1) is 14.2. The highest BCUT2D eigenvalue weighted by Crippen LogP contribution is 2.31. The number of para-hydroxylation sites is 1. The number of aryl methyl sites for hydroxylation is 1. The quantitative estimate of drug-likeness (QED) is 0.596. The van der Waals surface area contributed by atoms with E-state index in [-0.39, 0.29) is 5.91 Å². The summed E-state index contributed by atoms with van der Waals surface area (Å²) >= 11 is 1.61. The second-order valence-corrected chi connectivity index (χ2v) is 8.28. The molecule has 1 aliphatic rings. The van der Waals surface area contributed by atoms with Crippen molar-refractivity contribution in [3.63, 3.8) is 0 Å². The molecule has 29 heavy (non-hydrogen) atoms. The highest BCUT2D eigenvalue weighted by atomic mass is 32.1. The summed E-state index contributed by atoms with van der Waals surface area (Å²) in [6.45, 7) is 6.98. The van der Waals surface area contributed by atoms with Gasteiger partial charge in [-0.15, -0.1) is 0 Å². The molecule has 0 unspecified atom stereocenters. The average molecular weight is 410 g/mol. The standard InChI is InChI=1S/C23H27N3O2S/c1-2-19-9-6-10-20-22(19)24-23(29-20)26(12-11-25-13-15-28-16-14-25)21(27)17-18-7-4-3-5-8-18/h3-10H,2,11-17H2,1H3. The van der Waals surface area contributed by atoms with E-state index in [4.69, 9.17) is 9.72 Å². The van der Waals surface area contributed by atoms with Crippen LogP contribution in [0.1, 0.15) is 18.1 Å². The smallest absolute Gasteiger partial charge is 0.233 e. The summed E-state index contributed by atoms with van der Waals surface area (Å²) in [4.78, 5) is 22.4. The minimum atomic E-state index is 0.0987. The van der Waals surface area contributed by atoms with Crippen LogP contribution in [0.25, 0.3) is 10.2 Å². The number of carbonyl (C=O) groups excluding carboxylic acids is 1. The number of fused-ring (bicyclic) bond motifs is 1. The topological polar surface area (TPSA) is 45.7 Å². The van der Waals surface area contributed by atoms with E-state index in [2.05, 4.69) is 30.0 Å². The van der Waals surface area contributed by atoms with Gasteiger partial charge in [0.1, 0.15) is 0 Å². The molecule has 5 nitrogen and oxygen atoms in total. The summed E-state index contributed by atoms with van der Waals surface area (Å²) < 4.78 is 6.59. The van der Waals surface area contributed by atoms with Gasteiger partial charge in [0.15, 0.2) is 5.13 Å². The summed E-state index contributed by atoms with van der Waals surface area (Å²) in [5, 5.41) is 0.801. The number of carbonyl (C=O) groups is 1. The molecule has 3 aromatic rings. The van der Waals surface area contributed by atoms with Crippen molar-refractivity contribution in [1.82, 2.24) is 9.88 Å². The van der Waals surface area contributed by atoms with Crippen LogP contribution in [0.15, 0.2) is 48.5 Å². The van der Waals surface area contributed by atoms with Crippen LogP contribution in [0.4, 0.5) is 5.13 Å². The van der Waals surface area contributed by atoms with E-state index in [0.29, 0.717) is 13.0 Å². The van der Waals surface area contributed by atoms with Crippen LogP contribution < -0.4 is 4.90 Å². The zero-order valence-corrected chi connectivity index (χ0v) is 17.7. The Hall–Kier alpha value is -2.28. The van der Waals surface area contributed by atoms with Crippen molar-refractivity contribution in [1.29, 1.82) is 0 Å². The summed E-state index contributed by atoms with van der Waals surface area (Å²) in [6, 6.07) is 16.2. The number of aromatic nitrogens is 1. The van der Waals surface area contributed by atoms with Gasteiger partial charge in [0.25, 0.3) is 0 Å². The summed E-state index contributed by atoms with van der Waals surface area (Å²) in [5.41, 5.74) is 3.29. The lowest BCUT2D eigenvalue weighted by Gasteiger charge is -2.29.